The summed E-state index contributed by atoms with van der Waals surface area (Å²) in [5.41, 5.74) is 0. The van der Waals surface area contributed by atoms with Crippen molar-refractivity contribution in [2.24, 2.45) is 0 Å². The van der Waals surface area contributed by atoms with Crippen molar-refractivity contribution in [2.45, 2.75) is 71.1 Å². The summed E-state index contributed by atoms with van der Waals surface area (Å²) < 4.78 is 0. The Morgan fingerprint density at radius 1 is 0.842 bits per heavy atom. The molecule has 19 heavy (non-hydrogen) atoms. The molecule has 0 aliphatic heterocycles. The summed E-state index contributed by atoms with van der Waals surface area (Å²) in [4.78, 5) is 21.0. The number of carbonyl (C=O) groups is 2. The van der Waals surface area contributed by atoms with Crippen LogP contribution in [-0.2, 0) is 9.59 Å². The molecule has 3 nitrogen and oxygen atoms in total. The molecule has 1 N–H and O–H groups in total. The molecule has 0 saturated carbocycles. The molecule has 0 heterocycles. The van der Waals surface area contributed by atoms with Crippen LogP contribution in [0, 0.1) is 0 Å². The number of rotatable bonds is 13. The fourth-order valence-electron chi connectivity index (χ4n) is 1.80. The van der Waals surface area contributed by atoms with Crippen molar-refractivity contribution < 1.29 is 14.7 Å². The van der Waals surface area contributed by atoms with Crippen LogP contribution in [0.1, 0.15) is 71.1 Å². The number of carbonyl (C=O) groups excluding carboxylic acids is 1. The van der Waals surface area contributed by atoms with Gasteiger partial charge >= 0.3 is 5.97 Å². The molecule has 0 amide bonds. The van der Waals surface area contributed by atoms with E-state index in [0.717, 1.165) is 18.6 Å². The first-order valence-corrected chi connectivity index (χ1v) is 9.46. The normalized spacial score (nSPS) is 10.6. The molecule has 0 aromatic heterocycles. The van der Waals surface area contributed by atoms with Crippen molar-refractivity contribution in [1.82, 2.24) is 0 Å². The molecule has 112 valence electrons. The Kier molecular flexibility index (Phi) is 14.1. The Hall–Kier alpha value is -0.160. The van der Waals surface area contributed by atoms with Gasteiger partial charge in [0.05, 0.1) is 0 Å². The highest BCUT2D eigenvalue weighted by atomic mass is 33.1. The maximum atomic E-state index is 10.7. The van der Waals surface area contributed by atoms with Gasteiger partial charge in [0.15, 0.2) is 5.12 Å². The maximum absolute atomic E-state index is 10.7. The Bertz CT molecular complexity index is 221. The predicted octanol–water partition coefficient (Wildman–Crippen LogP) is 4.90. The molecule has 0 atom stereocenters. The summed E-state index contributed by atoms with van der Waals surface area (Å²) >= 11 is 0. The van der Waals surface area contributed by atoms with E-state index in [-0.39, 0.29) is 5.12 Å². The third-order valence-electron chi connectivity index (χ3n) is 2.79. The van der Waals surface area contributed by atoms with Crippen molar-refractivity contribution in [2.75, 3.05) is 5.75 Å². The summed E-state index contributed by atoms with van der Waals surface area (Å²) in [5.74, 6) is 0.389. The zero-order chi connectivity index (χ0) is 14.3. The lowest BCUT2D eigenvalue weighted by Gasteiger charge is -2.02. The van der Waals surface area contributed by atoms with Gasteiger partial charge in [-0.15, -0.1) is 0 Å². The van der Waals surface area contributed by atoms with Gasteiger partial charge in [-0.3, -0.25) is 9.59 Å². The minimum Gasteiger partial charge on any atom is -0.481 e. The highest BCUT2D eigenvalue weighted by Crippen LogP contribution is 2.23. The Morgan fingerprint density at radius 3 is 1.79 bits per heavy atom. The molecule has 5 heteroatoms. The van der Waals surface area contributed by atoms with E-state index in [0.29, 0.717) is 6.42 Å². The molecule has 0 bridgehead atoms. The fourth-order valence-corrected chi connectivity index (χ4v) is 3.47. The SMILES string of the molecule is CC(=O)SSCCCCCCCCCCCC(=O)O. The first kappa shape index (κ1) is 18.8. The van der Waals surface area contributed by atoms with E-state index in [1.54, 1.807) is 17.7 Å². The van der Waals surface area contributed by atoms with Crippen molar-refractivity contribution >= 4 is 32.7 Å². The molecule has 0 fully saturated rings. The van der Waals surface area contributed by atoms with Gasteiger partial charge in [0.2, 0.25) is 0 Å². The van der Waals surface area contributed by atoms with Crippen molar-refractivity contribution in [1.29, 1.82) is 0 Å². The molecule has 0 rings (SSSR count). The Labute approximate surface area is 124 Å². The smallest absolute Gasteiger partial charge is 0.303 e. The molecule has 0 aliphatic carbocycles. The van der Waals surface area contributed by atoms with Crippen LogP contribution < -0.4 is 0 Å². The van der Waals surface area contributed by atoms with E-state index in [1.165, 1.54) is 55.7 Å². The quantitative estimate of drug-likeness (QED) is 0.387. The van der Waals surface area contributed by atoms with Crippen LogP contribution in [0.3, 0.4) is 0 Å². The number of unbranched alkanes of at least 4 members (excludes halogenated alkanes) is 8. The highest BCUT2D eigenvalue weighted by Gasteiger charge is 1.97. The summed E-state index contributed by atoms with van der Waals surface area (Å²) in [6, 6.07) is 0. The third kappa shape index (κ3) is 17.8. The maximum Gasteiger partial charge on any atom is 0.303 e. The monoisotopic (exact) mass is 306 g/mol. The van der Waals surface area contributed by atoms with Crippen LogP contribution in [0.2, 0.25) is 0 Å². The lowest BCUT2D eigenvalue weighted by atomic mass is 10.1. The van der Waals surface area contributed by atoms with Gasteiger partial charge < -0.3 is 5.11 Å². The average molecular weight is 306 g/mol. The van der Waals surface area contributed by atoms with Crippen LogP contribution >= 0.6 is 21.6 Å². The standard InChI is InChI=1S/C14H26O3S2/c1-13(15)19-18-12-10-8-6-4-2-3-5-7-9-11-14(16)17/h2-12H2,1H3,(H,16,17). The third-order valence-corrected chi connectivity index (χ3v) is 5.16. The fraction of sp³-hybridized carbons (Fsp3) is 0.857. The molecule has 0 aromatic carbocycles. The molecule has 0 saturated heterocycles. The summed E-state index contributed by atoms with van der Waals surface area (Å²) in [5, 5.41) is 8.67. The average Bonchev–Trinajstić information content (AvgIpc) is 2.34. The first-order chi connectivity index (χ1) is 9.13. The van der Waals surface area contributed by atoms with Crippen LogP contribution in [0.4, 0.5) is 0 Å². The zero-order valence-corrected chi connectivity index (χ0v) is 13.5. The molecule has 0 spiro atoms. The topological polar surface area (TPSA) is 54.4 Å². The minimum atomic E-state index is -0.680. The number of carboxylic acid groups (broad SMARTS) is 1. The number of aliphatic carboxylic acids is 1. The first-order valence-electron chi connectivity index (χ1n) is 7.14. The van der Waals surface area contributed by atoms with E-state index in [2.05, 4.69) is 0 Å². The van der Waals surface area contributed by atoms with Gasteiger partial charge in [-0.1, -0.05) is 55.7 Å². The lowest BCUT2D eigenvalue weighted by Crippen LogP contribution is -1.93. The van der Waals surface area contributed by atoms with Crippen LogP contribution in [0.25, 0.3) is 0 Å². The molecular weight excluding hydrogens is 280 g/mol. The van der Waals surface area contributed by atoms with Gasteiger partial charge in [0.1, 0.15) is 0 Å². The van der Waals surface area contributed by atoms with Crippen molar-refractivity contribution in [3.63, 3.8) is 0 Å². The second-order valence-electron chi connectivity index (χ2n) is 4.72. The van der Waals surface area contributed by atoms with Crippen molar-refractivity contribution in [3.05, 3.63) is 0 Å². The molecule has 0 radical (unpaired) electrons. The summed E-state index contributed by atoms with van der Waals surface area (Å²) in [7, 11) is 3.01. The second kappa shape index (κ2) is 14.3. The minimum absolute atomic E-state index is 0.188. The Morgan fingerprint density at radius 2 is 1.32 bits per heavy atom. The Balaban J connectivity index is 2.99. The molecular formula is C14H26O3S2. The molecule has 0 aromatic rings. The summed E-state index contributed by atoms with van der Waals surface area (Å²) in [6.07, 6.45) is 10.9. The van der Waals surface area contributed by atoms with E-state index in [9.17, 15) is 9.59 Å². The molecule has 0 unspecified atom stereocenters. The highest BCUT2D eigenvalue weighted by molar-refractivity contribution is 8.82. The van der Waals surface area contributed by atoms with Gasteiger partial charge in [-0.25, -0.2) is 0 Å². The summed E-state index contributed by atoms with van der Waals surface area (Å²) in [6.45, 7) is 1.61. The number of hydrogen-bond acceptors (Lipinski definition) is 4. The molecule has 0 aliphatic rings. The van der Waals surface area contributed by atoms with Crippen LogP contribution in [-0.4, -0.2) is 21.9 Å². The van der Waals surface area contributed by atoms with Crippen LogP contribution in [0.15, 0.2) is 0 Å². The van der Waals surface area contributed by atoms with E-state index in [4.69, 9.17) is 5.11 Å². The van der Waals surface area contributed by atoms with Gasteiger partial charge in [-0.05, 0) is 23.6 Å². The van der Waals surface area contributed by atoms with E-state index in [1.807, 2.05) is 0 Å². The van der Waals surface area contributed by atoms with E-state index >= 15 is 0 Å². The predicted molar refractivity (Wildman–Crippen MR) is 84.5 cm³/mol. The van der Waals surface area contributed by atoms with Crippen molar-refractivity contribution in [3.8, 4) is 0 Å². The largest absolute Gasteiger partial charge is 0.481 e. The second-order valence-corrected chi connectivity index (χ2v) is 7.32. The number of carboxylic acids is 1. The van der Waals surface area contributed by atoms with Gasteiger partial charge in [-0.2, -0.15) is 0 Å². The van der Waals surface area contributed by atoms with E-state index < -0.39 is 5.97 Å². The van der Waals surface area contributed by atoms with Gasteiger partial charge in [0.25, 0.3) is 0 Å². The zero-order valence-electron chi connectivity index (χ0n) is 11.9. The van der Waals surface area contributed by atoms with Crippen LogP contribution in [0.5, 0.6) is 0 Å². The lowest BCUT2D eigenvalue weighted by molar-refractivity contribution is -0.137. The van der Waals surface area contributed by atoms with Gasteiger partial charge in [0, 0.05) is 19.1 Å². The number of hydrogen-bond donors (Lipinski definition) is 1.